The van der Waals surface area contributed by atoms with Gasteiger partial charge < -0.3 is 19.3 Å². The van der Waals surface area contributed by atoms with Crippen LogP contribution in [0.15, 0.2) is 84.7 Å². The summed E-state index contributed by atoms with van der Waals surface area (Å²) in [4.78, 5) is 15.6. The largest absolute Gasteiger partial charge is 0.489 e. The van der Waals surface area contributed by atoms with Crippen molar-refractivity contribution in [2.24, 2.45) is 11.8 Å². The van der Waals surface area contributed by atoms with Gasteiger partial charge in [-0.2, -0.15) is 0 Å². The summed E-state index contributed by atoms with van der Waals surface area (Å²) in [7, 11) is 0. The number of ether oxygens (including phenoxy) is 3. The smallest absolute Gasteiger partial charge is 0.306 e. The molecule has 3 aromatic rings. The van der Waals surface area contributed by atoms with Crippen LogP contribution in [-0.4, -0.2) is 29.3 Å². The molecule has 0 amide bonds. The van der Waals surface area contributed by atoms with E-state index in [4.69, 9.17) is 25.7 Å². The molecule has 1 N–H and O–H groups in total. The number of aryl methyl sites for hydroxylation is 1. The molecule has 1 aromatic heterocycles. The van der Waals surface area contributed by atoms with Gasteiger partial charge in [-0.15, -0.1) is 6.42 Å². The monoisotopic (exact) mass is 569 g/mol. The lowest BCUT2D eigenvalue weighted by atomic mass is 10.0. The van der Waals surface area contributed by atoms with E-state index in [9.17, 15) is 9.18 Å². The van der Waals surface area contributed by atoms with E-state index in [-0.39, 0.29) is 24.3 Å². The van der Waals surface area contributed by atoms with Crippen LogP contribution in [0, 0.1) is 36.9 Å². The Labute approximate surface area is 246 Å². The number of terminal acetylenes is 1. The van der Waals surface area contributed by atoms with Crippen LogP contribution in [0.3, 0.4) is 0 Å². The van der Waals surface area contributed by atoms with E-state index in [1.807, 2.05) is 55.5 Å². The third-order valence-corrected chi connectivity index (χ3v) is 7.07. The van der Waals surface area contributed by atoms with E-state index < -0.39 is 5.97 Å². The van der Waals surface area contributed by atoms with Crippen molar-refractivity contribution in [1.29, 1.82) is 0 Å². The zero-order chi connectivity index (χ0) is 29.7. The van der Waals surface area contributed by atoms with Gasteiger partial charge in [0.2, 0.25) is 5.88 Å². The molecular formula is C35H36FNO5. The van der Waals surface area contributed by atoms with Gasteiger partial charge in [0.25, 0.3) is 0 Å². The maximum absolute atomic E-state index is 14.7. The van der Waals surface area contributed by atoms with E-state index >= 15 is 0 Å². The second-order valence-corrected chi connectivity index (χ2v) is 10.2. The summed E-state index contributed by atoms with van der Waals surface area (Å²) >= 11 is 0. The highest BCUT2D eigenvalue weighted by Crippen LogP contribution is 2.42. The fraction of sp³-hybridized carbons (Fsp3) is 0.314. The Balaban J connectivity index is 1.29. The number of nitrogens with zero attached hydrogens (tertiary/aromatic N) is 1. The number of halogens is 1. The van der Waals surface area contributed by atoms with Gasteiger partial charge in [-0.3, -0.25) is 4.79 Å². The number of aliphatic carboxylic acids is 1. The highest BCUT2D eigenvalue weighted by Gasteiger charge is 2.42. The Morgan fingerprint density at radius 2 is 1.98 bits per heavy atom. The number of rotatable bonds is 16. The number of carbonyl (C=O) groups is 1. The zero-order valence-electron chi connectivity index (χ0n) is 23.8. The lowest BCUT2D eigenvalue weighted by Crippen LogP contribution is -2.05. The average molecular weight is 570 g/mol. The van der Waals surface area contributed by atoms with Crippen LogP contribution in [0.4, 0.5) is 4.39 Å². The average Bonchev–Trinajstić information content (AvgIpc) is 3.77. The SMILES string of the molecule is C#C/C=C\C(=C/CC[C@@H]1CC1C(=O)O)OCc1cc(-c2ccc(OCCCOCc3ccccc3)nc2C)ccc1F. The third kappa shape index (κ3) is 9.32. The molecule has 1 saturated carbocycles. The second-order valence-electron chi connectivity index (χ2n) is 10.2. The summed E-state index contributed by atoms with van der Waals surface area (Å²) in [5.41, 5.74) is 3.99. The molecule has 7 heteroatoms. The zero-order valence-corrected chi connectivity index (χ0v) is 23.8. The van der Waals surface area contributed by atoms with Gasteiger partial charge in [0, 0.05) is 29.3 Å². The Kier molecular flexibility index (Phi) is 11.3. The molecule has 0 bridgehead atoms. The van der Waals surface area contributed by atoms with E-state index in [2.05, 4.69) is 10.9 Å². The molecule has 0 aliphatic heterocycles. The number of hydrogen-bond donors (Lipinski definition) is 1. The molecule has 4 rings (SSSR count). The second kappa shape index (κ2) is 15.6. The van der Waals surface area contributed by atoms with E-state index in [0.717, 1.165) is 35.2 Å². The number of pyridine rings is 1. The summed E-state index contributed by atoms with van der Waals surface area (Å²) < 4.78 is 32.1. The van der Waals surface area contributed by atoms with E-state index in [0.29, 0.717) is 49.9 Å². The summed E-state index contributed by atoms with van der Waals surface area (Å²) in [6.07, 6.45) is 13.3. The van der Waals surface area contributed by atoms with Crippen molar-refractivity contribution in [2.45, 2.75) is 45.8 Å². The number of allylic oxidation sites excluding steroid dienone is 3. The number of carboxylic acids is 1. The molecule has 1 fully saturated rings. The minimum Gasteiger partial charge on any atom is -0.489 e. The highest BCUT2D eigenvalue weighted by molar-refractivity contribution is 5.73. The van der Waals surface area contributed by atoms with Crippen molar-refractivity contribution >= 4 is 5.97 Å². The predicted molar refractivity (Wildman–Crippen MR) is 160 cm³/mol. The van der Waals surface area contributed by atoms with Crippen molar-refractivity contribution < 1.29 is 28.5 Å². The number of benzene rings is 2. The van der Waals surface area contributed by atoms with Gasteiger partial charge in [-0.05, 0) is 79.7 Å². The van der Waals surface area contributed by atoms with Crippen molar-refractivity contribution in [2.75, 3.05) is 13.2 Å². The molecule has 42 heavy (non-hydrogen) atoms. The summed E-state index contributed by atoms with van der Waals surface area (Å²) in [5, 5.41) is 9.09. The first-order chi connectivity index (χ1) is 20.4. The summed E-state index contributed by atoms with van der Waals surface area (Å²) in [6, 6.07) is 18.7. The Hall–Kier alpha value is -4.41. The van der Waals surface area contributed by atoms with Crippen molar-refractivity contribution in [3.8, 4) is 29.4 Å². The predicted octanol–water partition coefficient (Wildman–Crippen LogP) is 7.27. The lowest BCUT2D eigenvalue weighted by molar-refractivity contribution is -0.138. The van der Waals surface area contributed by atoms with Crippen molar-refractivity contribution in [3.05, 3.63) is 107 Å². The maximum Gasteiger partial charge on any atom is 0.306 e. The normalized spacial score (nSPS) is 16.3. The number of carboxylic acid groups (broad SMARTS) is 1. The Morgan fingerprint density at radius 1 is 1.14 bits per heavy atom. The van der Waals surface area contributed by atoms with E-state index in [1.54, 1.807) is 18.2 Å². The summed E-state index contributed by atoms with van der Waals surface area (Å²) in [5.74, 6) is 2.32. The van der Waals surface area contributed by atoms with Crippen LogP contribution in [0.1, 0.15) is 42.5 Å². The molecule has 0 radical (unpaired) electrons. The van der Waals surface area contributed by atoms with Crippen LogP contribution >= 0.6 is 0 Å². The fourth-order valence-electron chi connectivity index (χ4n) is 4.65. The molecule has 218 valence electrons. The van der Waals surface area contributed by atoms with Gasteiger partial charge in [-0.1, -0.05) is 42.3 Å². The maximum atomic E-state index is 14.7. The first-order valence-electron chi connectivity index (χ1n) is 14.1. The molecule has 6 nitrogen and oxygen atoms in total. The molecule has 0 saturated heterocycles. The topological polar surface area (TPSA) is 77.9 Å². The molecular weight excluding hydrogens is 533 g/mol. The molecule has 1 aliphatic carbocycles. The van der Waals surface area contributed by atoms with Crippen LogP contribution < -0.4 is 4.74 Å². The lowest BCUT2D eigenvalue weighted by Gasteiger charge is -2.12. The number of aromatic nitrogens is 1. The fourth-order valence-corrected chi connectivity index (χ4v) is 4.65. The molecule has 2 atom stereocenters. The highest BCUT2D eigenvalue weighted by atomic mass is 19.1. The van der Waals surface area contributed by atoms with Gasteiger partial charge in [0.1, 0.15) is 18.2 Å². The van der Waals surface area contributed by atoms with Crippen molar-refractivity contribution in [3.63, 3.8) is 0 Å². The summed E-state index contributed by atoms with van der Waals surface area (Å²) in [6.45, 7) is 3.57. The molecule has 0 spiro atoms. The van der Waals surface area contributed by atoms with Crippen LogP contribution in [0.2, 0.25) is 0 Å². The molecule has 2 aromatic carbocycles. The first-order valence-corrected chi connectivity index (χ1v) is 14.1. The standard InChI is InChI=1S/C35H36FNO5/c1-3-4-13-30(14-8-12-27-22-32(27)35(38)39)42-24-29-21-28(15-17-33(29)36)31-16-18-34(37-25(31)2)41-20-9-19-40-23-26-10-6-5-7-11-26/h1,4-7,10-11,13-18,21,27,32H,8-9,12,19-20,22-24H2,2H3,(H,38,39)/b13-4-,30-14+/t27-,32?/m1/s1. The molecule has 1 aliphatic rings. The number of hydrogen-bond acceptors (Lipinski definition) is 5. The van der Waals surface area contributed by atoms with Gasteiger partial charge in [0.15, 0.2) is 0 Å². The molecule has 1 unspecified atom stereocenters. The first kappa shape index (κ1) is 30.5. The minimum absolute atomic E-state index is 0.0155. The van der Waals surface area contributed by atoms with E-state index in [1.165, 1.54) is 12.1 Å². The Morgan fingerprint density at radius 3 is 2.71 bits per heavy atom. The third-order valence-electron chi connectivity index (χ3n) is 7.07. The van der Waals surface area contributed by atoms with Gasteiger partial charge in [-0.25, -0.2) is 9.37 Å². The van der Waals surface area contributed by atoms with Crippen LogP contribution in [0.25, 0.3) is 11.1 Å². The van der Waals surface area contributed by atoms with Gasteiger partial charge >= 0.3 is 5.97 Å². The minimum atomic E-state index is -0.740. The van der Waals surface area contributed by atoms with Crippen LogP contribution in [0.5, 0.6) is 5.88 Å². The van der Waals surface area contributed by atoms with Crippen LogP contribution in [-0.2, 0) is 27.5 Å². The van der Waals surface area contributed by atoms with Crippen molar-refractivity contribution in [1.82, 2.24) is 4.98 Å². The Bertz CT molecular complexity index is 1440. The van der Waals surface area contributed by atoms with Gasteiger partial charge in [0.05, 0.1) is 25.7 Å². The molecule has 1 heterocycles. The quantitative estimate of drug-likeness (QED) is 0.0846.